The SMILES string of the molecule is COc1nc(OC)nc(Sc2ccc(C(=O)N(C)c3cccnc3)cn2)n1. The molecule has 0 saturated carbocycles. The molecule has 27 heavy (non-hydrogen) atoms. The standard InChI is InChI=1S/C17H16N6O3S/c1-23(12-5-4-8-18-10-12)14(24)11-6-7-13(19-9-11)27-17-21-15(25-2)20-16(22-17)26-3/h4-10H,1-3H3. The first kappa shape index (κ1) is 18.5. The maximum Gasteiger partial charge on any atom is 0.323 e. The van der Waals surface area contributed by atoms with E-state index in [4.69, 9.17) is 9.47 Å². The van der Waals surface area contributed by atoms with Crippen LogP contribution in [0.2, 0.25) is 0 Å². The molecule has 0 fully saturated rings. The van der Waals surface area contributed by atoms with Crippen LogP contribution in [0.1, 0.15) is 10.4 Å². The van der Waals surface area contributed by atoms with E-state index < -0.39 is 0 Å². The predicted molar refractivity (Wildman–Crippen MR) is 98.3 cm³/mol. The van der Waals surface area contributed by atoms with Crippen LogP contribution in [0.4, 0.5) is 5.69 Å². The summed E-state index contributed by atoms with van der Waals surface area (Å²) < 4.78 is 10.0. The number of nitrogens with zero attached hydrogens (tertiary/aromatic N) is 6. The van der Waals surface area contributed by atoms with E-state index in [1.54, 1.807) is 37.6 Å². The number of hydrogen-bond acceptors (Lipinski definition) is 9. The van der Waals surface area contributed by atoms with Crippen LogP contribution < -0.4 is 14.4 Å². The van der Waals surface area contributed by atoms with E-state index in [9.17, 15) is 4.79 Å². The topological polar surface area (TPSA) is 103 Å². The zero-order chi connectivity index (χ0) is 19.2. The van der Waals surface area contributed by atoms with Gasteiger partial charge in [0, 0.05) is 19.4 Å². The smallest absolute Gasteiger partial charge is 0.323 e. The number of ether oxygens (including phenoxy) is 2. The molecule has 3 rings (SSSR count). The first-order chi connectivity index (χ1) is 13.1. The third-order valence-electron chi connectivity index (χ3n) is 3.46. The van der Waals surface area contributed by atoms with Crippen molar-refractivity contribution in [2.75, 3.05) is 26.2 Å². The van der Waals surface area contributed by atoms with E-state index in [-0.39, 0.29) is 17.9 Å². The van der Waals surface area contributed by atoms with Gasteiger partial charge in [0.1, 0.15) is 5.03 Å². The second-order valence-corrected chi connectivity index (χ2v) is 6.14. The van der Waals surface area contributed by atoms with Crippen LogP contribution in [0.15, 0.2) is 53.0 Å². The molecule has 0 aromatic carbocycles. The summed E-state index contributed by atoms with van der Waals surface area (Å²) in [6.07, 6.45) is 4.78. The molecule has 10 heteroatoms. The molecule has 0 saturated heterocycles. The Morgan fingerprint density at radius 1 is 1.04 bits per heavy atom. The monoisotopic (exact) mass is 384 g/mol. The summed E-state index contributed by atoms with van der Waals surface area (Å²) in [6, 6.07) is 7.29. The van der Waals surface area contributed by atoms with Crippen molar-refractivity contribution in [1.29, 1.82) is 0 Å². The Hall–Kier alpha value is -3.27. The number of hydrogen-bond donors (Lipinski definition) is 0. The molecule has 0 unspecified atom stereocenters. The fourth-order valence-electron chi connectivity index (χ4n) is 2.07. The fraction of sp³-hybridized carbons (Fsp3) is 0.176. The lowest BCUT2D eigenvalue weighted by atomic mass is 10.2. The highest BCUT2D eigenvalue weighted by atomic mass is 32.2. The summed E-state index contributed by atoms with van der Waals surface area (Å²) >= 11 is 1.20. The van der Waals surface area contributed by atoms with Gasteiger partial charge < -0.3 is 14.4 Å². The minimum atomic E-state index is -0.185. The third kappa shape index (κ3) is 4.47. The number of carbonyl (C=O) groups excluding carboxylic acids is 1. The number of pyridine rings is 2. The van der Waals surface area contributed by atoms with Crippen LogP contribution in [0.5, 0.6) is 12.0 Å². The summed E-state index contributed by atoms with van der Waals surface area (Å²) in [6.45, 7) is 0. The zero-order valence-corrected chi connectivity index (χ0v) is 15.7. The van der Waals surface area contributed by atoms with Gasteiger partial charge in [0.25, 0.3) is 5.91 Å². The third-order valence-corrected chi connectivity index (χ3v) is 4.27. The Bertz CT molecular complexity index is 901. The Morgan fingerprint density at radius 2 is 1.78 bits per heavy atom. The van der Waals surface area contributed by atoms with Crippen molar-refractivity contribution < 1.29 is 14.3 Å². The molecule has 0 aliphatic carbocycles. The molecule has 138 valence electrons. The maximum absolute atomic E-state index is 12.6. The molecule has 0 bridgehead atoms. The van der Waals surface area contributed by atoms with Gasteiger partial charge >= 0.3 is 12.0 Å². The molecule has 1 amide bonds. The first-order valence-electron chi connectivity index (χ1n) is 7.76. The number of amides is 1. The van der Waals surface area contributed by atoms with Crippen molar-refractivity contribution in [2.45, 2.75) is 10.2 Å². The maximum atomic E-state index is 12.6. The molecule has 0 aliphatic rings. The van der Waals surface area contributed by atoms with Gasteiger partial charge in [0.15, 0.2) is 0 Å². The van der Waals surface area contributed by atoms with Gasteiger partial charge in [-0.3, -0.25) is 9.78 Å². The van der Waals surface area contributed by atoms with Crippen LogP contribution >= 0.6 is 11.8 Å². The van der Waals surface area contributed by atoms with Crippen LogP contribution in [-0.2, 0) is 0 Å². The van der Waals surface area contributed by atoms with Crippen LogP contribution in [0, 0.1) is 0 Å². The van der Waals surface area contributed by atoms with Gasteiger partial charge in [0.05, 0.1) is 31.7 Å². The molecule has 9 nitrogen and oxygen atoms in total. The van der Waals surface area contributed by atoms with E-state index in [0.717, 1.165) is 0 Å². The lowest BCUT2D eigenvalue weighted by molar-refractivity contribution is 0.0992. The quantitative estimate of drug-likeness (QED) is 0.632. The second-order valence-electron chi connectivity index (χ2n) is 5.15. The zero-order valence-electron chi connectivity index (χ0n) is 14.9. The largest absolute Gasteiger partial charge is 0.467 e. The Morgan fingerprint density at radius 3 is 2.33 bits per heavy atom. The lowest BCUT2D eigenvalue weighted by Gasteiger charge is -2.16. The van der Waals surface area contributed by atoms with Gasteiger partial charge in [-0.05, 0) is 36.0 Å². The minimum Gasteiger partial charge on any atom is -0.467 e. The van der Waals surface area contributed by atoms with Crippen molar-refractivity contribution in [3.05, 3.63) is 48.4 Å². The number of methoxy groups -OCH3 is 2. The summed E-state index contributed by atoms with van der Waals surface area (Å²) in [5.74, 6) is -0.185. The number of aromatic nitrogens is 5. The van der Waals surface area contributed by atoms with Crippen LogP contribution in [0.25, 0.3) is 0 Å². The first-order valence-corrected chi connectivity index (χ1v) is 8.58. The summed E-state index contributed by atoms with van der Waals surface area (Å²) in [7, 11) is 4.60. The van der Waals surface area contributed by atoms with Crippen molar-refractivity contribution >= 4 is 23.4 Å². The predicted octanol–water partition coefficient (Wildman–Crippen LogP) is 2.11. The average Bonchev–Trinajstić information content (AvgIpc) is 2.73. The molecule has 3 aromatic rings. The van der Waals surface area contributed by atoms with Crippen molar-refractivity contribution in [3.63, 3.8) is 0 Å². The van der Waals surface area contributed by atoms with E-state index in [1.807, 2.05) is 6.07 Å². The highest BCUT2D eigenvalue weighted by Gasteiger charge is 2.15. The molecule has 0 atom stereocenters. The molecular formula is C17H16N6O3S. The summed E-state index contributed by atoms with van der Waals surface area (Å²) in [5, 5.41) is 0.989. The molecule has 0 radical (unpaired) electrons. The van der Waals surface area contributed by atoms with Crippen molar-refractivity contribution in [2.24, 2.45) is 0 Å². The van der Waals surface area contributed by atoms with Gasteiger partial charge in [-0.25, -0.2) is 4.98 Å². The Labute approximate surface area is 159 Å². The number of anilines is 1. The van der Waals surface area contributed by atoms with Gasteiger partial charge in [-0.15, -0.1) is 4.98 Å². The lowest BCUT2D eigenvalue weighted by Crippen LogP contribution is -2.26. The minimum absolute atomic E-state index is 0.147. The van der Waals surface area contributed by atoms with Gasteiger partial charge in [0.2, 0.25) is 5.16 Å². The molecule has 3 aromatic heterocycles. The van der Waals surface area contributed by atoms with E-state index in [2.05, 4.69) is 24.9 Å². The molecule has 0 N–H and O–H groups in total. The fourth-order valence-corrected chi connectivity index (χ4v) is 2.75. The highest BCUT2D eigenvalue weighted by molar-refractivity contribution is 7.99. The number of carbonyl (C=O) groups is 1. The molecule has 0 aliphatic heterocycles. The number of rotatable bonds is 6. The Kier molecular flexibility index (Phi) is 5.77. The van der Waals surface area contributed by atoms with E-state index >= 15 is 0 Å². The van der Waals surface area contributed by atoms with Gasteiger partial charge in [-0.1, -0.05) is 0 Å². The van der Waals surface area contributed by atoms with Crippen LogP contribution in [-0.4, -0.2) is 52.1 Å². The molecular weight excluding hydrogens is 368 g/mol. The van der Waals surface area contributed by atoms with E-state index in [1.165, 1.54) is 37.1 Å². The summed E-state index contributed by atoms with van der Waals surface area (Å²) in [4.78, 5) is 34.6. The summed E-state index contributed by atoms with van der Waals surface area (Å²) in [5.41, 5.74) is 1.15. The second kappa shape index (κ2) is 8.41. The van der Waals surface area contributed by atoms with Gasteiger partial charge in [-0.2, -0.15) is 9.97 Å². The average molecular weight is 384 g/mol. The molecule has 3 heterocycles. The normalized spacial score (nSPS) is 10.3. The van der Waals surface area contributed by atoms with Crippen molar-refractivity contribution in [1.82, 2.24) is 24.9 Å². The van der Waals surface area contributed by atoms with Crippen molar-refractivity contribution in [3.8, 4) is 12.0 Å². The van der Waals surface area contributed by atoms with E-state index in [0.29, 0.717) is 21.4 Å². The Balaban J connectivity index is 1.75. The highest BCUT2D eigenvalue weighted by Crippen LogP contribution is 2.25. The van der Waals surface area contributed by atoms with Crippen LogP contribution in [0.3, 0.4) is 0 Å². The molecule has 0 spiro atoms.